The summed E-state index contributed by atoms with van der Waals surface area (Å²) in [7, 11) is 0. The van der Waals surface area contributed by atoms with Crippen LogP contribution in [0.25, 0.3) is 5.57 Å². The molecule has 3 saturated heterocycles. The zero-order valence-corrected chi connectivity index (χ0v) is 31.0. The van der Waals surface area contributed by atoms with Crippen molar-refractivity contribution in [2.24, 2.45) is 16.6 Å². The van der Waals surface area contributed by atoms with Gasteiger partial charge >= 0.3 is 0 Å². The minimum Gasteiger partial charge on any atom is -0.491 e. The lowest BCUT2D eigenvalue weighted by molar-refractivity contribution is -0.123. The third kappa shape index (κ3) is 7.78. The Morgan fingerprint density at radius 2 is 1.79 bits per heavy atom. The fourth-order valence-electron chi connectivity index (χ4n) is 7.76. The number of nitrogen functional groups attached to an aromatic ring is 1. The second kappa shape index (κ2) is 15.3. The van der Waals surface area contributed by atoms with E-state index in [-0.39, 0.29) is 73.8 Å². The zero-order chi connectivity index (χ0) is 39.0. The van der Waals surface area contributed by atoms with Crippen LogP contribution in [0.2, 0.25) is 0 Å². The minimum absolute atomic E-state index is 0.0149. The first-order valence-corrected chi connectivity index (χ1v) is 19.1. The Morgan fingerprint density at radius 1 is 1.04 bits per heavy atom. The molecule has 16 heteroatoms. The number of rotatable bonds is 12. The van der Waals surface area contributed by atoms with E-state index in [1.807, 2.05) is 4.90 Å². The zero-order valence-electron chi connectivity index (χ0n) is 31.0. The average molecular weight is 765 g/mol. The van der Waals surface area contributed by atoms with Crippen LogP contribution < -0.4 is 31.7 Å². The van der Waals surface area contributed by atoms with Gasteiger partial charge in [0.25, 0.3) is 17.7 Å². The maximum absolute atomic E-state index is 16.0. The van der Waals surface area contributed by atoms with Gasteiger partial charge in [-0.1, -0.05) is 0 Å². The molecule has 6 N–H and O–H groups in total. The normalized spacial score (nSPS) is 21.6. The highest BCUT2D eigenvalue weighted by atomic mass is 19.1. The van der Waals surface area contributed by atoms with Gasteiger partial charge < -0.3 is 31.7 Å². The Morgan fingerprint density at radius 3 is 2.48 bits per heavy atom. The molecule has 0 spiro atoms. The first-order valence-electron chi connectivity index (χ1n) is 19.1. The summed E-state index contributed by atoms with van der Waals surface area (Å²) < 4.78 is 22.0. The molecule has 5 heterocycles. The minimum atomic E-state index is -1.41. The smallest absolute Gasteiger partial charge is 0.261 e. The van der Waals surface area contributed by atoms with E-state index in [9.17, 15) is 19.2 Å². The number of anilines is 3. The number of carbonyl (C=O) groups excluding carboxylic acids is 4. The predicted molar refractivity (Wildman–Crippen MR) is 208 cm³/mol. The van der Waals surface area contributed by atoms with Crippen molar-refractivity contribution in [2.75, 3.05) is 61.8 Å². The number of nitrogens with zero attached hydrogens (tertiary/aromatic N) is 6. The highest BCUT2D eigenvalue weighted by molar-refractivity contribution is 6.24. The van der Waals surface area contributed by atoms with Crippen molar-refractivity contribution in [3.05, 3.63) is 77.5 Å². The standard InChI is InChI=1S/C40H45FN10O5/c41-40(22-50(23-40)27-4-6-29-30(15-27)39(55)51(38(29)54)28-5-7-35(52)47-19-28)21-49-12-8-26(9-13-49)46-18-25-14-33(34(16-32(25)43)56-20-24-2-3-24)48-37(53)31(17-42)36-44-10-1-11-45-36/h1,4,6,10-11,14-18,24,26,28H,2-3,5,7-9,12-13,19-23,42-43H2,(H,47,52)(H,48,53)/b31-17+,46-18?. The first-order chi connectivity index (χ1) is 27.1. The number of aromatic nitrogens is 2. The van der Waals surface area contributed by atoms with Crippen molar-refractivity contribution in [2.45, 2.75) is 56.3 Å². The van der Waals surface area contributed by atoms with E-state index >= 15 is 4.39 Å². The summed E-state index contributed by atoms with van der Waals surface area (Å²) in [5.41, 5.74) is 13.8. The number of aliphatic imine (C=N–C) groups is 1. The number of ether oxygens (including phenoxy) is 1. The molecule has 2 aromatic carbocycles. The summed E-state index contributed by atoms with van der Waals surface area (Å²) >= 11 is 0. The number of fused-ring (bicyclic) bond motifs is 1. The lowest BCUT2D eigenvalue weighted by Gasteiger charge is -2.48. The third-order valence-electron chi connectivity index (χ3n) is 11.1. The summed E-state index contributed by atoms with van der Waals surface area (Å²) in [5.74, 6) is -0.175. The van der Waals surface area contributed by atoms with Crippen LogP contribution in [0.1, 0.15) is 70.6 Å². The Kier molecular flexibility index (Phi) is 10.1. The van der Waals surface area contributed by atoms with Gasteiger partial charge in [-0.15, -0.1) is 0 Å². The largest absolute Gasteiger partial charge is 0.491 e. The van der Waals surface area contributed by atoms with Crippen molar-refractivity contribution < 1.29 is 28.3 Å². The number of halogens is 1. The summed E-state index contributed by atoms with van der Waals surface area (Å²) in [6.07, 6.45) is 10.3. The Bertz CT molecular complexity index is 2080. The highest BCUT2D eigenvalue weighted by Crippen LogP contribution is 2.37. The number of piperidine rings is 2. The van der Waals surface area contributed by atoms with E-state index in [1.165, 1.54) is 23.5 Å². The van der Waals surface area contributed by atoms with Gasteiger partial charge in [-0.05, 0) is 68.4 Å². The molecule has 15 nitrogen and oxygen atoms in total. The predicted octanol–water partition coefficient (Wildman–Crippen LogP) is 2.77. The van der Waals surface area contributed by atoms with Crippen LogP contribution in [-0.4, -0.2) is 113 Å². The van der Waals surface area contributed by atoms with E-state index in [1.54, 1.807) is 42.6 Å². The topological polar surface area (TPSA) is 201 Å². The van der Waals surface area contributed by atoms with E-state index in [2.05, 4.69) is 25.5 Å². The van der Waals surface area contributed by atoms with E-state index in [0.717, 1.165) is 25.7 Å². The van der Waals surface area contributed by atoms with E-state index in [4.69, 9.17) is 21.2 Å². The lowest BCUT2D eigenvalue weighted by Crippen LogP contribution is -2.64. The summed E-state index contributed by atoms with van der Waals surface area (Å²) in [5, 5.41) is 5.63. The maximum Gasteiger partial charge on any atom is 0.261 e. The molecule has 292 valence electrons. The molecular weight excluding hydrogens is 720 g/mol. The number of hydrogen-bond donors (Lipinski definition) is 4. The highest BCUT2D eigenvalue weighted by Gasteiger charge is 2.47. The molecule has 4 aliphatic heterocycles. The molecule has 1 atom stereocenters. The number of imide groups is 1. The van der Waals surface area contributed by atoms with Gasteiger partial charge in [0, 0.05) is 80.4 Å². The molecule has 5 aliphatic rings. The van der Waals surface area contributed by atoms with Crippen LogP contribution in [-0.2, 0) is 9.59 Å². The summed E-state index contributed by atoms with van der Waals surface area (Å²) in [4.78, 5) is 69.6. The lowest BCUT2D eigenvalue weighted by atomic mass is 9.92. The molecule has 1 aromatic heterocycles. The third-order valence-corrected chi connectivity index (χ3v) is 11.1. The molecule has 4 amide bonds. The number of benzene rings is 2. The van der Waals surface area contributed by atoms with Gasteiger partial charge in [0.15, 0.2) is 11.5 Å². The van der Waals surface area contributed by atoms with Crippen LogP contribution in [0.4, 0.5) is 21.5 Å². The van der Waals surface area contributed by atoms with Gasteiger partial charge in [0.05, 0.1) is 54.2 Å². The van der Waals surface area contributed by atoms with Crippen molar-refractivity contribution in [3.63, 3.8) is 0 Å². The second-order valence-corrected chi connectivity index (χ2v) is 15.3. The van der Waals surface area contributed by atoms with Crippen molar-refractivity contribution in [1.82, 2.24) is 25.1 Å². The average Bonchev–Trinajstić information content (AvgIpc) is 3.99. The molecule has 0 radical (unpaired) electrons. The number of likely N-dealkylation sites (tertiary alicyclic amines) is 1. The van der Waals surface area contributed by atoms with Crippen LogP contribution in [0, 0.1) is 5.92 Å². The molecule has 4 fully saturated rings. The molecule has 3 aromatic rings. The first kappa shape index (κ1) is 37.0. The fourth-order valence-corrected chi connectivity index (χ4v) is 7.76. The number of carbonyl (C=O) groups is 4. The van der Waals surface area contributed by atoms with Gasteiger partial charge in [0.2, 0.25) is 5.91 Å². The van der Waals surface area contributed by atoms with Crippen LogP contribution in [0.15, 0.2) is 60.0 Å². The SMILES string of the molecule is N/C=C(/C(=O)Nc1cc(C=NC2CCN(CC3(F)CN(c4ccc5c(c4)C(=O)N(C4CCC(=O)NC4)C5=O)C3)CC2)c(N)cc1OCC1CC1)c1ncccn1. The molecular formula is C40H45FN10O5. The monoisotopic (exact) mass is 764 g/mol. The molecule has 8 rings (SSSR count). The number of amides is 4. The van der Waals surface area contributed by atoms with Crippen molar-refractivity contribution in [3.8, 4) is 5.75 Å². The van der Waals surface area contributed by atoms with Gasteiger partial charge in [-0.25, -0.2) is 14.4 Å². The Labute approximate surface area is 323 Å². The number of nitrogens with two attached hydrogens (primary N) is 2. The molecule has 1 unspecified atom stereocenters. The van der Waals surface area contributed by atoms with Gasteiger partial charge in [-0.3, -0.25) is 34.0 Å². The van der Waals surface area contributed by atoms with Crippen LogP contribution in [0.5, 0.6) is 5.75 Å². The van der Waals surface area contributed by atoms with Crippen LogP contribution >= 0.6 is 0 Å². The summed E-state index contributed by atoms with van der Waals surface area (Å²) in [6, 6.07) is 9.83. The fraction of sp³-hybridized carbons (Fsp3) is 0.425. The van der Waals surface area contributed by atoms with Crippen LogP contribution in [0.3, 0.4) is 0 Å². The number of nitrogens with one attached hydrogen (secondary N) is 2. The number of alkyl halides is 1. The maximum atomic E-state index is 16.0. The molecule has 0 bridgehead atoms. The Balaban J connectivity index is 0.854. The quantitative estimate of drug-likeness (QED) is 0.0915. The van der Waals surface area contributed by atoms with E-state index in [0.29, 0.717) is 71.5 Å². The van der Waals surface area contributed by atoms with Crippen molar-refractivity contribution >= 4 is 52.5 Å². The molecule has 1 aliphatic carbocycles. The molecule has 1 saturated carbocycles. The second-order valence-electron chi connectivity index (χ2n) is 15.3. The summed E-state index contributed by atoms with van der Waals surface area (Å²) in [6.45, 7) is 2.79. The van der Waals surface area contributed by atoms with Gasteiger partial charge in [0.1, 0.15) is 5.75 Å². The Hall–Kier alpha value is -5.90. The van der Waals surface area contributed by atoms with E-state index < -0.39 is 11.6 Å². The molecule has 56 heavy (non-hydrogen) atoms. The number of hydrogen-bond acceptors (Lipinski definition) is 12. The van der Waals surface area contributed by atoms with Gasteiger partial charge in [-0.2, -0.15) is 0 Å². The van der Waals surface area contributed by atoms with Crippen molar-refractivity contribution in [1.29, 1.82) is 0 Å².